The minimum Gasteiger partial charge on any atom is -0.494 e. The number of nitrogens with zero attached hydrogens (tertiary/aromatic N) is 3. The van der Waals surface area contributed by atoms with Crippen LogP contribution in [0.2, 0.25) is 0 Å². The number of carbonyl (C=O) groups excluding carboxylic acids is 1. The fourth-order valence-electron chi connectivity index (χ4n) is 2.05. The first-order chi connectivity index (χ1) is 10.6. The normalized spacial score (nSPS) is 10.5. The van der Waals surface area contributed by atoms with Crippen LogP contribution in [-0.2, 0) is 24.8 Å². The van der Waals surface area contributed by atoms with Gasteiger partial charge in [0.2, 0.25) is 5.91 Å². The summed E-state index contributed by atoms with van der Waals surface area (Å²) in [5.74, 6) is 2.45. The lowest BCUT2D eigenvalue weighted by Gasteiger charge is -2.06. The smallest absolute Gasteiger partial charge is 0.220 e. The lowest BCUT2D eigenvalue weighted by molar-refractivity contribution is -0.121. The molecule has 22 heavy (non-hydrogen) atoms. The Labute approximate surface area is 130 Å². The van der Waals surface area contributed by atoms with E-state index in [1.165, 1.54) is 0 Å². The van der Waals surface area contributed by atoms with Gasteiger partial charge in [0, 0.05) is 13.5 Å². The molecule has 2 aromatic rings. The number of nitrogens with one attached hydrogen (secondary N) is 1. The molecule has 0 spiro atoms. The molecule has 6 nitrogen and oxygen atoms in total. The Hall–Kier alpha value is -2.37. The Morgan fingerprint density at radius 3 is 2.59 bits per heavy atom. The second-order valence-electron chi connectivity index (χ2n) is 5.08. The van der Waals surface area contributed by atoms with Gasteiger partial charge in [-0.25, -0.2) is 0 Å². The van der Waals surface area contributed by atoms with E-state index in [1.807, 2.05) is 49.7 Å². The molecule has 1 aromatic heterocycles. The number of ether oxygens (including phenoxy) is 1. The third-order valence-electron chi connectivity index (χ3n) is 3.50. The lowest BCUT2D eigenvalue weighted by Crippen LogP contribution is -2.24. The van der Waals surface area contributed by atoms with Gasteiger partial charge in [0.1, 0.15) is 11.6 Å². The first-order valence-electron chi connectivity index (χ1n) is 7.43. The quantitative estimate of drug-likeness (QED) is 0.846. The number of carbonyl (C=O) groups is 1. The fourth-order valence-corrected chi connectivity index (χ4v) is 2.05. The molecular formula is C16H22N4O2. The maximum Gasteiger partial charge on any atom is 0.220 e. The van der Waals surface area contributed by atoms with Crippen LogP contribution < -0.4 is 10.1 Å². The molecule has 1 amide bonds. The summed E-state index contributed by atoms with van der Waals surface area (Å²) >= 11 is 0. The zero-order valence-corrected chi connectivity index (χ0v) is 13.3. The topological polar surface area (TPSA) is 69.0 Å². The summed E-state index contributed by atoms with van der Waals surface area (Å²) in [6.07, 6.45) is 1.15. The number of aromatic nitrogens is 3. The summed E-state index contributed by atoms with van der Waals surface area (Å²) in [6, 6.07) is 7.84. The fraction of sp³-hybridized carbons (Fsp3) is 0.438. The third-order valence-corrected chi connectivity index (χ3v) is 3.50. The van der Waals surface area contributed by atoms with Gasteiger partial charge in [0.05, 0.1) is 13.2 Å². The van der Waals surface area contributed by atoms with E-state index in [9.17, 15) is 4.79 Å². The Morgan fingerprint density at radius 2 is 2.00 bits per heavy atom. The highest BCUT2D eigenvalue weighted by Gasteiger charge is 2.07. The van der Waals surface area contributed by atoms with Crippen molar-refractivity contribution in [2.45, 2.75) is 33.2 Å². The molecule has 1 aromatic carbocycles. The van der Waals surface area contributed by atoms with Gasteiger partial charge < -0.3 is 14.6 Å². The van der Waals surface area contributed by atoms with Crippen molar-refractivity contribution in [2.24, 2.45) is 7.05 Å². The second-order valence-corrected chi connectivity index (χ2v) is 5.08. The Bertz CT molecular complexity index is 620. The van der Waals surface area contributed by atoms with Crippen molar-refractivity contribution in [3.05, 3.63) is 41.5 Å². The average Bonchev–Trinajstić information content (AvgIpc) is 2.84. The summed E-state index contributed by atoms with van der Waals surface area (Å²) in [4.78, 5) is 11.9. The van der Waals surface area contributed by atoms with Crippen molar-refractivity contribution >= 4 is 5.91 Å². The second kappa shape index (κ2) is 7.59. The van der Waals surface area contributed by atoms with E-state index < -0.39 is 0 Å². The number of aryl methyl sites for hydroxylation is 2. The molecule has 0 aliphatic rings. The molecule has 0 bridgehead atoms. The number of hydrogen-bond acceptors (Lipinski definition) is 4. The van der Waals surface area contributed by atoms with Gasteiger partial charge in [-0.05, 0) is 38.0 Å². The van der Waals surface area contributed by atoms with Crippen LogP contribution >= 0.6 is 0 Å². The molecule has 118 valence electrons. The predicted molar refractivity (Wildman–Crippen MR) is 83.5 cm³/mol. The van der Waals surface area contributed by atoms with Crippen LogP contribution in [0.5, 0.6) is 5.75 Å². The SMILES string of the molecule is CCOc1ccc(CCC(=O)NCc2nnc(C)n2C)cc1. The van der Waals surface area contributed by atoms with Gasteiger partial charge in [0.15, 0.2) is 5.82 Å². The number of amides is 1. The molecule has 0 atom stereocenters. The van der Waals surface area contributed by atoms with Crippen LogP contribution in [0.15, 0.2) is 24.3 Å². The predicted octanol–water partition coefficient (Wildman–Crippen LogP) is 1.77. The Kier molecular flexibility index (Phi) is 5.52. The van der Waals surface area contributed by atoms with E-state index in [0.29, 0.717) is 26.0 Å². The molecule has 1 heterocycles. The summed E-state index contributed by atoms with van der Waals surface area (Å²) in [5.41, 5.74) is 1.12. The molecule has 0 unspecified atom stereocenters. The van der Waals surface area contributed by atoms with Crippen molar-refractivity contribution in [1.82, 2.24) is 20.1 Å². The monoisotopic (exact) mass is 302 g/mol. The van der Waals surface area contributed by atoms with Gasteiger partial charge in [-0.15, -0.1) is 10.2 Å². The molecule has 0 fully saturated rings. The van der Waals surface area contributed by atoms with Gasteiger partial charge in [-0.2, -0.15) is 0 Å². The molecule has 1 N–H and O–H groups in total. The van der Waals surface area contributed by atoms with E-state index >= 15 is 0 Å². The van der Waals surface area contributed by atoms with Gasteiger partial charge in [0.25, 0.3) is 0 Å². The number of benzene rings is 1. The van der Waals surface area contributed by atoms with Crippen LogP contribution in [0.1, 0.15) is 30.6 Å². The van der Waals surface area contributed by atoms with Crippen molar-refractivity contribution in [2.75, 3.05) is 6.61 Å². The summed E-state index contributed by atoms with van der Waals surface area (Å²) < 4.78 is 7.26. The Balaban J connectivity index is 1.76. The minimum absolute atomic E-state index is 0.00883. The lowest BCUT2D eigenvalue weighted by atomic mass is 10.1. The molecule has 0 aliphatic carbocycles. The highest BCUT2D eigenvalue weighted by molar-refractivity contribution is 5.76. The largest absolute Gasteiger partial charge is 0.494 e. The van der Waals surface area contributed by atoms with E-state index in [2.05, 4.69) is 15.5 Å². The van der Waals surface area contributed by atoms with E-state index in [1.54, 1.807) is 0 Å². The van der Waals surface area contributed by atoms with E-state index in [0.717, 1.165) is 23.0 Å². The number of hydrogen-bond donors (Lipinski definition) is 1. The van der Waals surface area contributed by atoms with Crippen LogP contribution in [0.25, 0.3) is 0 Å². The van der Waals surface area contributed by atoms with Crippen molar-refractivity contribution in [3.8, 4) is 5.75 Å². The van der Waals surface area contributed by atoms with Gasteiger partial charge >= 0.3 is 0 Å². The average molecular weight is 302 g/mol. The van der Waals surface area contributed by atoms with E-state index in [-0.39, 0.29) is 5.91 Å². The molecule has 6 heteroatoms. The third kappa shape index (κ3) is 4.31. The van der Waals surface area contributed by atoms with Crippen molar-refractivity contribution in [3.63, 3.8) is 0 Å². The molecular weight excluding hydrogens is 280 g/mol. The summed E-state index contributed by atoms with van der Waals surface area (Å²) in [5, 5.41) is 10.8. The maximum atomic E-state index is 11.9. The van der Waals surface area contributed by atoms with Gasteiger partial charge in [-0.1, -0.05) is 12.1 Å². The number of rotatable bonds is 7. The van der Waals surface area contributed by atoms with Crippen LogP contribution in [-0.4, -0.2) is 27.3 Å². The highest BCUT2D eigenvalue weighted by Crippen LogP contribution is 2.13. The highest BCUT2D eigenvalue weighted by atomic mass is 16.5. The van der Waals surface area contributed by atoms with E-state index in [4.69, 9.17) is 4.74 Å². The maximum absolute atomic E-state index is 11.9. The first-order valence-corrected chi connectivity index (χ1v) is 7.43. The summed E-state index contributed by atoms with van der Waals surface area (Å²) in [7, 11) is 1.89. The van der Waals surface area contributed by atoms with Crippen molar-refractivity contribution < 1.29 is 9.53 Å². The van der Waals surface area contributed by atoms with Gasteiger partial charge in [-0.3, -0.25) is 4.79 Å². The van der Waals surface area contributed by atoms with Crippen LogP contribution in [0.4, 0.5) is 0 Å². The van der Waals surface area contributed by atoms with Crippen LogP contribution in [0, 0.1) is 6.92 Å². The zero-order valence-electron chi connectivity index (χ0n) is 13.3. The van der Waals surface area contributed by atoms with Crippen LogP contribution in [0.3, 0.4) is 0 Å². The summed E-state index contributed by atoms with van der Waals surface area (Å²) in [6.45, 7) is 4.89. The zero-order chi connectivity index (χ0) is 15.9. The molecule has 0 saturated heterocycles. The molecule has 0 aliphatic heterocycles. The standard InChI is InChI=1S/C16H22N4O2/c1-4-22-14-8-5-13(6-9-14)7-10-16(21)17-11-15-19-18-12(2)20(15)3/h5-6,8-9H,4,7,10-11H2,1-3H3,(H,17,21). The molecule has 2 rings (SSSR count). The minimum atomic E-state index is 0.00883. The Morgan fingerprint density at radius 1 is 1.27 bits per heavy atom. The molecule has 0 saturated carbocycles. The first kappa shape index (κ1) is 16.0. The van der Waals surface area contributed by atoms with Crippen molar-refractivity contribution in [1.29, 1.82) is 0 Å². The molecule has 0 radical (unpaired) electrons.